The molecule has 102 valence electrons. The van der Waals surface area contributed by atoms with Crippen molar-refractivity contribution >= 4 is 39.3 Å². The highest BCUT2D eigenvalue weighted by atomic mass is 79.9. The van der Waals surface area contributed by atoms with Crippen molar-refractivity contribution in [3.8, 4) is 0 Å². The van der Waals surface area contributed by atoms with Crippen molar-refractivity contribution in [3.63, 3.8) is 0 Å². The third-order valence-electron chi connectivity index (χ3n) is 2.33. The molecule has 0 unspecified atom stereocenters. The molecule has 0 aliphatic rings. The standard InChI is InChI=1S/C15H16BrClOS/c1-3-4-5-6-11(2)10-19-14-8-13(17)7-12(9-18)15(14)16/h3-8,18H,1,9-10H2,2H3/b5-4-,11-6+. The zero-order chi connectivity index (χ0) is 14.3. The van der Waals surface area contributed by atoms with Crippen LogP contribution in [0.3, 0.4) is 0 Å². The molecule has 0 heterocycles. The maximum atomic E-state index is 9.26. The fourth-order valence-corrected chi connectivity index (χ4v) is 3.33. The number of halogens is 2. The van der Waals surface area contributed by atoms with Crippen LogP contribution in [0.4, 0.5) is 0 Å². The van der Waals surface area contributed by atoms with Gasteiger partial charge in [0.15, 0.2) is 0 Å². The Morgan fingerprint density at radius 2 is 2.21 bits per heavy atom. The summed E-state index contributed by atoms with van der Waals surface area (Å²) >= 11 is 11.2. The van der Waals surface area contributed by atoms with Crippen molar-refractivity contribution in [2.24, 2.45) is 0 Å². The summed E-state index contributed by atoms with van der Waals surface area (Å²) in [6.07, 6.45) is 7.67. The van der Waals surface area contributed by atoms with E-state index in [4.69, 9.17) is 11.6 Å². The molecule has 0 aliphatic carbocycles. The molecule has 0 aliphatic heterocycles. The largest absolute Gasteiger partial charge is 0.392 e. The van der Waals surface area contributed by atoms with Gasteiger partial charge in [0, 0.05) is 20.1 Å². The van der Waals surface area contributed by atoms with Gasteiger partial charge in [0.1, 0.15) is 0 Å². The van der Waals surface area contributed by atoms with E-state index in [9.17, 15) is 5.11 Å². The fourth-order valence-electron chi connectivity index (χ4n) is 1.38. The molecule has 0 atom stereocenters. The second-order valence-corrected chi connectivity index (χ2v) is 6.20. The molecule has 0 saturated heterocycles. The quantitative estimate of drug-likeness (QED) is 0.544. The minimum Gasteiger partial charge on any atom is -0.392 e. The predicted octanol–water partition coefficient (Wildman–Crippen LogP) is 5.38. The summed E-state index contributed by atoms with van der Waals surface area (Å²) in [7, 11) is 0. The summed E-state index contributed by atoms with van der Waals surface area (Å²) < 4.78 is 0.916. The lowest BCUT2D eigenvalue weighted by Gasteiger charge is -2.09. The maximum Gasteiger partial charge on any atom is 0.0693 e. The van der Waals surface area contributed by atoms with Gasteiger partial charge in [-0.05, 0) is 40.5 Å². The van der Waals surface area contributed by atoms with E-state index in [-0.39, 0.29) is 6.61 Å². The molecule has 0 amide bonds. The summed E-state index contributed by atoms with van der Waals surface area (Å²) in [4.78, 5) is 1.04. The molecule has 1 aromatic rings. The summed E-state index contributed by atoms with van der Waals surface area (Å²) in [5, 5.41) is 9.90. The second-order valence-electron chi connectivity index (χ2n) is 3.96. The fraction of sp³-hybridized carbons (Fsp3) is 0.200. The molecule has 0 saturated carbocycles. The Labute approximate surface area is 132 Å². The zero-order valence-electron chi connectivity index (χ0n) is 10.7. The van der Waals surface area contributed by atoms with Gasteiger partial charge in [-0.25, -0.2) is 0 Å². The summed E-state index contributed by atoms with van der Waals surface area (Å²) in [6, 6.07) is 3.67. The zero-order valence-corrected chi connectivity index (χ0v) is 13.9. The first kappa shape index (κ1) is 16.6. The van der Waals surface area contributed by atoms with E-state index < -0.39 is 0 Å². The van der Waals surface area contributed by atoms with Crippen LogP contribution in [0, 0.1) is 0 Å². The number of hydrogen-bond acceptors (Lipinski definition) is 2. The van der Waals surface area contributed by atoms with Crippen LogP contribution in [0.5, 0.6) is 0 Å². The van der Waals surface area contributed by atoms with Crippen molar-refractivity contribution in [2.45, 2.75) is 18.4 Å². The normalized spacial score (nSPS) is 12.1. The van der Waals surface area contributed by atoms with E-state index in [1.807, 2.05) is 18.2 Å². The lowest BCUT2D eigenvalue weighted by atomic mass is 10.2. The molecule has 1 aromatic carbocycles. The van der Waals surface area contributed by atoms with Crippen molar-refractivity contribution in [1.29, 1.82) is 0 Å². The molecule has 0 aromatic heterocycles. The van der Waals surface area contributed by atoms with Crippen LogP contribution < -0.4 is 0 Å². The topological polar surface area (TPSA) is 20.2 Å². The van der Waals surface area contributed by atoms with E-state index >= 15 is 0 Å². The van der Waals surface area contributed by atoms with E-state index in [0.29, 0.717) is 5.02 Å². The second kappa shape index (κ2) is 8.64. The van der Waals surface area contributed by atoms with Crippen LogP contribution in [0.15, 0.2) is 58.0 Å². The number of aliphatic hydroxyl groups is 1. The van der Waals surface area contributed by atoms with E-state index in [0.717, 1.165) is 20.7 Å². The summed E-state index contributed by atoms with van der Waals surface area (Å²) in [6.45, 7) is 5.68. The van der Waals surface area contributed by atoms with Gasteiger partial charge < -0.3 is 5.11 Å². The third kappa shape index (κ3) is 5.57. The first-order valence-corrected chi connectivity index (χ1v) is 7.90. The first-order valence-electron chi connectivity index (χ1n) is 5.75. The average molecular weight is 360 g/mol. The van der Waals surface area contributed by atoms with Crippen LogP contribution in [0.1, 0.15) is 12.5 Å². The van der Waals surface area contributed by atoms with Gasteiger partial charge in [-0.1, -0.05) is 48.1 Å². The van der Waals surface area contributed by atoms with Crippen molar-refractivity contribution < 1.29 is 5.11 Å². The van der Waals surface area contributed by atoms with Gasteiger partial charge in [0.25, 0.3) is 0 Å². The van der Waals surface area contributed by atoms with Crippen LogP contribution in [0.25, 0.3) is 0 Å². The average Bonchev–Trinajstić information content (AvgIpc) is 2.39. The van der Waals surface area contributed by atoms with Crippen molar-refractivity contribution in [3.05, 3.63) is 63.6 Å². The van der Waals surface area contributed by atoms with Crippen LogP contribution in [-0.2, 0) is 6.61 Å². The number of benzene rings is 1. The smallest absolute Gasteiger partial charge is 0.0693 e. The minimum atomic E-state index is -0.0222. The molecular weight excluding hydrogens is 344 g/mol. The Kier molecular flexibility index (Phi) is 7.54. The van der Waals surface area contributed by atoms with Crippen LogP contribution in [0.2, 0.25) is 5.02 Å². The highest BCUT2D eigenvalue weighted by Crippen LogP contribution is 2.34. The molecule has 19 heavy (non-hydrogen) atoms. The Balaban J connectivity index is 2.78. The Morgan fingerprint density at radius 3 is 2.84 bits per heavy atom. The number of hydrogen-bond donors (Lipinski definition) is 1. The SMILES string of the molecule is C=C/C=C\C=C(/C)CSc1cc(Cl)cc(CO)c1Br. The van der Waals surface area contributed by atoms with Gasteiger partial charge in [0.05, 0.1) is 6.61 Å². The predicted molar refractivity (Wildman–Crippen MR) is 88.9 cm³/mol. The lowest BCUT2D eigenvalue weighted by Crippen LogP contribution is -1.89. The minimum absolute atomic E-state index is 0.0222. The molecule has 1 rings (SSSR count). The number of aliphatic hydroxyl groups excluding tert-OH is 1. The maximum absolute atomic E-state index is 9.26. The lowest BCUT2D eigenvalue weighted by molar-refractivity contribution is 0.280. The molecule has 1 nitrogen and oxygen atoms in total. The van der Waals surface area contributed by atoms with Crippen molar-refractivity contribution in [2.75, 3.05) is 5.75 Å². The molecule has 4 heteroatoms. The molecule has 0 fully saturated rings. The van der Waals surface area contributed by atoms with Gasteiger partial charge in [-0.3, -0.25) is 0 Å². The van der Waals surface area contributed by atoms with Gasteiger partial charge in [0.2, 0.25) is 0 Å². The van der Waals surface area contributed by atoms with Crippen LogP contribution in [-0.4, -0.2) is 10.9 Å². The van der Waals surface area contributed by atoms with Crippen molar-refractivity contribution in [1.82, 2.24) is 0 Å². The van der Waals surface area contributed by atoms with E-state index in [2.05, 4.69) is 35.5 Å². The number of rotatable bonds is 6. The van der Waals surface area contributed by atoms with Crippen LogP contribution >= 0.6 is 39.3 Å². The van der Waals surface area contributed by atoms with E-state index in [1.54, 1.807) is 23.9 Å². The first-order chi connectivity index (χ1) is 9.08. The highest BCUT2D eigenvalue weighted by Gasteiger charge is 2.08. The number of thioether (sulfide) groups is 1. The Morgan fingerprint density at radius 1 is 1.47 bits per heavy atom. The molecule has 1 N–H and O–H groups in total. The summed E-state index contributed by atoms with van der Waals surface area (Å²) in [5.41, 5.74) is 2.06. The van der Waals surface area contributed by atoms with Gasteiger partial charge in [-0.2, -0.15) is 0 Å². The van der Waals surface area contributed by atoms with E-state index in [1.165, 1.54) is 5.57 Å². The monoisotopic (exact) mass is 358 g/mol. The molecular formula is C15H16BrClOS. The molecule has 0 bridgehead atoms. The van der Waals surface area contributed by atoms with Gasteiger partial charge in [-0.15, -0.1) is 11.8 Å². The molecule has 0 spiro atoms. The Bertz CT molecular complexity index is 509. The Hall–Kier alpha value is -0.480. The number of allylic oxidation sites excluding steroid dienone is 4. The molecule has 0 radical (unpaired) electrons. The third-order valence-corrected chi connectivity index (χ3v) is 4.98. The highest BCUT2D eigenvalue weighted by molar-refractivity contribution is 9.10. The summed E-state index contributed by atoms with van der Waals surface area (Å²) in [5.74, 6) is 0.866. The van der Waals surface area contributed by atoms with Gasteiger partial charge >= 0.3 is 0 Å².